The highest BCUT2D eigenvalue weighted by atomic mass is 32.2. The standard InChI is InChI=1S/C20H31N5O4S/c1-9-15-14(10(2)26)18(27)25(15)16(19(28)29)17(9)30-13-7-12(8-13)23-11-3-5-24(6-4-11)20(21)22/h9-15,23,26H,3-8H2,1-2H3,(H3,21,22)(H,28,29)/t9-,10-,12-,13-,14-,15-/m1/s1. The molecule has 3 heterocycles. The van der Waals surface area contributed by atoms with Crippen LogP contribution in [0.3, 0.4) is 0 Å². The van der Waals surface area contributed by atoms with Crippen molar-refractivity contribution in [1.29, 1.82) is 5.41 Å². The summed E-state index contributed by atoms with van der Waals surface area (Å²) in [5.74, 6) is -1.77. The Hall–Kier alpha value is -1.78. The molecule has 0 spiro atoms. The minimum Gasteiger partial charge on any atom is -0.477 e. The maximum atomic E-state index is 12.4. The van der Waals surface area contributed by atoms with Gasteiger partial charge in [0.1, 0.15) is 5.70 Å². The van der Waals surface area contributed by atoms with Crippen LogP contribution in [-0.2, 0) is 9.59 Å². The lowest BCUT2D eigenvalue weighted by Crippen LogP contribution is -2.63. The van der Waals surface area contributed by atoms with Crippen LogP contribution in [0.5, 0.6) is 0 Å². The first kappa shape index (κ1) is 21.5. The fraction of sp³-hybridized carbons (Fsp3) is 0.750. The summed E-state index contributed by atoms with van der Waals surface area (Å²) in [6.45, 7) is 5.18. The predicted molar refractivity (Wildman–Crippen MR) is 114 cm³/mol. The number of carboxylic acids is 1. The largest absolute Gasteiger partial charge is 0.477 e. The van der Waals surface area contributed by atoms with Gasteiger partial charge in [-0.2, -0.15) is 0 Å². The lowest BCUT2D eigenvalue weighted by molar-refractivity contribution is -0.163. The molecule has 1 aliphatic carbocycles. The SMILES string of the molecule is C[C@@H](O)[C@H]1C(=O)N2C(C(=O)O)=C(S[C@H]3C[C@H](NC4CCN(C(=N)N)CC4)C3)[C@H](C)[C@H]12. The number of piperidine rings is 1. The minimum atomic E-state index is -1.06. The molecule has 6 N–H and O–H groups in total. The number of carbonyl (C=O) groups is 2. The average Bonchev–Trinajstić information content (AvgIpc) is 2.89. The second kappa shape index (κ2) is 8.05. The van der Waals surface area contributed by atoms with Gasteiger partial charge in [-0.25, -0.2) is 4.79 Å². The molecule has 9 nitrogen and oxygen atoms in total. The van der Waals surface area contributed by atoms with E-state index in [2.05, 4.69) is 5.32 Å². The number of hydrogen-bond donors (Lipinski definition) is 5. The Bertz CT molecular complexity index is 773. The summed E-state index contributed by atoms with van der Waals surface area (Å²) in [7, 11) is 0. The Morgan fingerprint density at radius 1 is 1.30 bits per heavy atom. The molecule has 3 fully saturated rings. The number of aliphatic hydroxyl groups excluding tert-OH is 1. The summed E-state index contributed by atoms with van der Waals surface area (Å²) >= 11 is 1.60. The molecule has 4 atom stereocenters. The quantitative estimate of drug-likeness (QED) is 0.228. The van der Waals surface area contributed by atoms with Crippen molar-refractivity contribution < 1.29 is 19.8 Å². The number of rotatable bonds is 6. The molecule has 2 saturated heterocycles. The zero-order valence-electron chi connectivity index (χ0n) is 17.4. The third kappa shape index (κ3) is 3.58. The highest BCUT2D eigenvalue weighted by Crippen LogP contribution is 2.53. The summed E-state index contributed by atoms with van der Waals surface area (Å²) in [6.07, 6.45) is 3.11. The third-order valence-electron chi connectivity index (χ3n) is 7.01. The van der Waals surface area contributed by atoms with Crippen molar-refractivity contribution in [1.82, 2.24) is 15.1 Å². The van der Waals surface area contributed by atoms with Gasteiger partial charge in [0.25, 0.3) is 0 Å². The first-order chi connectivity index (χ1) is 14.2. The zero-order chi connectivity index (χ0) is 21.7. The highest BCUT2D eigenvalue weighted by molar-refractivity contribution is 8.03. The number of carboxylic acid groups (broad SMARTS) is 1. The number of guanidine groups is 1. The van der Waals surface area contributed by atoms with Crippen molar-refractivity contribution in [2.45, 2.75) is 69.0 Å². The molecule has 4 aliphatic rings. The van der Waals surface area contributed by atoms with E-state index in [1.165, 1.54) is 4.90 Å². The van der Waals surface area contributed by atoms with E-state index in [4.69, 9.17) is 11.1 Å². The Morgan fingerprint density at radius 2 is 1.93 bits per heavy atom. The van der Waals surface area contributed by atoms with E-state index in [1.54, 1.807) is 18.7 Å². The number of likely N-dealkylation sites (tertiary alicyclic amines) is 1. The van der Waals surface area contributed by atoms with Gasteiger partial charge in [0, 0.05) is 41.2 Å². The predicted octanol–water partition coefficient (Wildman–Crippen LogP) is 0.352. The van der Waals surface area contributed by atoms with Crippen LogP contribution >= 0.6 is 11.8 Å². The van der Waals surface area contributed by atoms with Gasteiger partial charge in [-0.05, 0) is 32.6 Å². The van der Waals surface area contributed by atoms with Gasteiger partial charge in [0.15, 0.2) is 5.96 Å². The Labute approximate surface area is 180 Å². The van der Waals surface area contributed by atoms with Crippen molar-refractivity contribution >= 4 is 29.6 Å². The van der Waals surface area contributed by atoms with E-state index in [9.17, 15) is 19.8 Å². The Morgan fingerprint density at radius 3 is 2.47 bits per heavy atom. The topological polar surface area (TPSA) is 143 Å². The summed E-state index contributed by atoms with van der Waals surface area (Å²) in [5.41, 5.74) is 5.67. The Balaban J connectivity index is 1.32. The lowest BCUT2D eigenvalue weighted by Gasteiger charge is -2.46. The lowest BCUT2D eigenvalue weighted by atomic mass is 9.79. The molecule has 30 heavy (non-hydrogen) atoms. The average molecular weight is 438 g/mol. The van der Waals surface area contributed by atoms with Crippen LogP contribution in [0.4, 0.5) is 0 Å². The smallest absolute Gasteiger partial charge is 0.353 e. The molecule has 10 heteroatoms. The zero-order valence-corrected chi connectivity index (χ0v) is 18.2. The van der Waals surface area contributed by atoms with Gasteiger partial charge >= 0.3 is 5.97 Å². The number of nitrogens with one attached hydrogen (secondary N) is 2. The molecule has 0 aromatic rings. The second-order valence-electron chi connectivity index (χ2n) is 8.99. The molecule has 1 saturated carbocycles. The van der Waals surface area contributed by atoms with Crippen molar-refractivity contribution in [2.75, 3.05) is 13.1 Å². The first-order valence-electron chi connectivity index (χ1n) is 10.7. The molecule has 0 unspecified atom stereocenters. The van der Waals surface area contributed by atoms with E-state index < -0.39 is 18.0 Å². The first-order valence-corrected chi connectivity index (χ1v) is 11.6. The van der Waals surface area contributed by atoms with Gasteiger partial charge < -0.3 is 31.1 Å². The molecule has 0 aromatic heterocycles. The molecule has 1 amide bonds. The van der Waals surface area contributed by atoms with Gasteiger partial charge in [0.05, 0.1) is 18.1 Å². The molecular formula is C20H31N5O4S. The highest BCUT2D eigenvalue weighted by Gasteiger charge is 2.60. The van der Waals surface area contributed by atoms with E-state index in [0.717, 1.165) is 43.7 Å². The van der Waals surface area contributed by atoms with Gasteiger partial charge in [0.2, 0.25) is 5.91 Å². The van der Waals surface area contributed by atoms with Crippen LogP contribution in [-0.4, -0.2) is 80.4 Å². The summed E-state index contributed by atoms with van der Waals surface area (Å²) < 4.78 is 0. The van der Waals surface area contributed by atoms with Gasteiger partial charge in [-0.1, -0.05) is 6.92 Å². The van der Waals surface area contributed by atoms with E-state index in [0.29, 0.717) is 17.3 Å². The summed E-state index contributed by atoms with van der Waals surface area (Å²) in [6, 6.07) is 0.611. The van der Waals surface area contributed by atoms with E-state index in [-0.39, 0.29) is 29.5 Å². The normalized spacial score (nSPS) is 35.0. The van der Waals surface area contributed by atoms with Crippen LogP contribution in [0.2, 0.25) is 0 Å². The van der Waals surface area contributed by atoms with Crippen molar-refractivity contribution in [2.24, 2.45) is 17.6 Å². The van der Waals surface area contributed by atoms with Crippen molar-refractivity contribution in [3.63, 3.8) is 0 Å². The fourth-order valence-corrected chi connectivity index (χ4v) is 6.94. The summed E-state index contributed by atoms with van der Waals surface area (Å²) in [4.78, 5) is 28.4. The maximum Gasteiger partial charge on any atom is 0.353 e. The van der Waals surface area contributed by atoms with Crippen LogP contribution < -0.4 is 11.1 Å². The number of β-lactam (4-membered cyclic amide) rings is 1. The molecule has 0 aromatic carbocycles. The Kier molecular flexibility index (Phi) is 5.75. The number of nitrogens with two attached hydrogens (primary N) is 1. The fourth-order valence-electron chi connectivity index (χ4n) is 5.28. The maximum absolute atomic E-state index is 12.4. The monoisotopic (exact) mass is 437 g/mol. The van der Waals surface area contributed by atoms with Crippen molar-refractivity contribution in [3.8, 4) is 0 Å². The molecule has 0 bridgehead atoms. The molecule has 3 aliphatic heterocycles. The number of aliphatic hydroxyl groups is 1. The minimum absolute atomic E-state index is 0.0682. The van der Waals surface area contributed by atoms with E-state index in [1.807, 2.05) is 11.8 Å². The van der Waals surface area contributed by atoms with Crippen LogP contribution in [0.1, 0.15) is 39.5 Å². The number of amides is 1. The molecular weight excluding hydrogens is 406 g/mol. The number of aliphatic carboxylic acids is 1. The molecule has 166 valence electrons. The van der Waals surface area contributed by atoms with Crippen LogP contribution in [0.15, 0.2) is 10.6 Å². The van der Waals surface area contributed by atoms with Crippen LogP contribution in [0.25, 0.3) is 0 Å². The van der Waals surface area contributed by atoms with E-state index >= 15 is 0 Å². The number of fused-ring (bicyclic) bond motifs is 1. The molecule has 0 radical (unpaired) electrons. The van der Waals surface area contributed by atoms with Gasteiger partial charge in [-0.3, -0.25) is 10.2 Å². The second-order valence-corrected chi connectivity index (χ2v) is 10.3. The molecule has 4 rings (SSSR count). The van der Waals surface area contributed by atoms with Crippen molar-refractivity contribution in [3.05, 3.63) is 10.6 Å². The number of hydrogen-bond acceptors (Lipinski definition) is 6. The van der Waals surface area contributed by atoms with Crippen LogP contribution in [0, 0.1) is 17.2 Å². The summed E-state index contributed by atoms with van der Waals surface area (Å²) in [5, 5.41) is 31.2. The third-order valence-corrected chi connectivity index (χ3v) is 8.54. The number of thioether (sulfide) groups is 1. The number of nitrogens with zero attached hydrogens (tertiary/aromatic N) is 2. The van der Waals surface area contributed by atoms with Gasteiger partial charge in [-0.15, -0.1) is 11.8 Å². The number of carbonyl (C=O) groups excluding carboxylic acids is 1.